The van der Waals surface area contributed by atoms with E-state index in [1.807, 2.05) is 6.07 Å². The second kappa shape index (κ2) is 5.68. The Bertz CT molecular complexity index is 1060. The summed E-state index contributed by atoms with van der Waals surface area (Å²) in [6.07, 6.45) is -2.90. The Morgan fingerprint density at radius 2 is 1.88 bits per heavy atom. The van der Waals surface area contributed by atoms with E-state index in [1.165, 1.54) is 12.1 Å². The predicted octanol–water partition coefficient (Wildman–Crippen LogP) is 2.53. The zero-order valence-corrected chi connectivity index (χ0v) is 13.2. The average Bonchev–Trinajstić information content (AvgIpc) is 3.38. The van der Waals surface area contributed by atoms with E-state index in [1.54, 1.807) is 6.07 Å². The molecule has 0 spiro atoms. The van der Waals surface area contributed by atoms with Crippen molar-refractivity contribution in [1.82, 2.24) is 19.5 Å². The summed E-state index contributed by atoms with van der Waals surface area (Å²) in [5, 5.41) is 0.415. The molecule has 134 valence electrons. The summed E-state index contributed by atoms with van der Waals surface area (Å²) in [4.78, 5) is 24.3. The fourth-order valence-corrected chi connectivity index (χ4v) is 2.65. The van der Waals surface area contributed by atoms with Crippen LogP contribution in [-0.2, 0) is 0 Å². The molecule has 3 aromatic heterocycles. The first-order chi connectivity index (χ1) is 12.3. The van der Waals surface area contributed by atoms with Gasteiger partial charge in [-0.3, -0.25) is 0 Å². The molecule has 0 radical (unpaired) electrons. The number of nitrogens with zero attached hydrogens (tertiary/aromatic N) is 4. The maximum absolute atomic E-state index is 12.4. The van der Waals surface area contributed by atoms with Gasteiger partial charge in [-0.15, -0.1) is 13.2 Å². The van der Waals surface area contributed by atoms with Crippen molar-refractivity contribution in [2.45, 2.75) is 25.1 Å². The predicted molar refractivity (Wildman–Crippen MR) is 86.0 cm³/mol. The molecule has 3 aromatic rings. The zero-order valence-electron chi connectivity index (χ0n) is 13.2. The molecule has 2 N–H and O–H groups in total. The molecule has 0 saturated heterocycles. The normalized spacial score (nSPS) is 14.6. The van der Waals surface area contributed by atoms with Crippen LogP contribution in [0.4, 0.5) is 19.0 Å². The molecule has 3 heterocycles. The summed E-state index contributed by atoms with van der Waals surface area (Å²) in [7, 11) is 0. The number of fused-ring (bicyclic) bond motifs is 1. The quantitative estimate of drug-likeness (QED) is 0.768. The second-order valence-electron chi connectivity index (χ2n) is 5.88. The second-order valence-corrected chi connectivity index (χ2v) is 5.88. The summed E-state index contributed by atoms with van der Waals surface area (Å²) in [5.41, 5.74) is 6.00. The standard InChI is InChI=1S/C16H12F3N5O2/c17-16(18,19)26-12-3-1-2-11(22-12)24-14-9(13(20)23-15(24)25)6-7-10(21-14)8-4-5-8/h1-3,6-8H,4-5H2,(H2,20,23,25). The third kappa shape index (κ3) is 3.05. The summed E-state index contributed by atoms with van der Waals surface area (Å²) < 4.78 is 42.2. The van der Waals surface area contributed by atoms with Crippen LogP contribution in [0.15, 0.2) is 35.1 Å². The highest BCUT2D eigenvalue weighted by Crippen LogP contribution is 2.39. The van der Waals surface area contributed by atoms with E-state index in [-0.39, 0.29) is 17.3 Å². The smallest absolute Gasteiger partial charge is 0.388 e. The van der Waals surface area contributed by atoms with E-state index in [0.717, 1.165) is 29.2 Å². The number of nitrogens with two attached hydrogens (primary N) is 1. The maximum Gasteiger partial charge on any atom is 0.574 e. The van der Waals surface area contributed by atoms with Crippen LogP contribution in [0.3, 0.4) is 0 Å². The molecule has 1 aliphatic carbocycles. The third-order valence-electron chi connectivity index (χ3n) is 3.95. The third-order valence-corrected chi connectivity index (χ3v) is 3.95. The average molecular weight is 363 g/mol. The Hall–Kier alpha value is -3.17. The lowest BCUT2D eigenvalue weighted by molar-refractivity contribution is -0.276. The first-order valence-corrected chi connectivity index (χ1v) is 7.74. The number of nitrogen functional groups attached to an aromatic ring is 1. The number of hydrogen-bond acceptors (Lipinski definition) is 6. The summed E-state index contributed by atoms with van der Waals surface area (Å²) >= 11 is 0. The first kappa shape index (κ1) is 16.3. The topological polar surface area (TPSA) is 95.9 Å². The lowest BCUT2D eigenvalue weighted by atomic mass is 10.2. The number of rotatable bonds is 3. The Morgan fingerprint density at radius 1 is 1.12 bits per heavy atom. The van der Waals surface area contributed by atoms with Crippen LogP contribution in [0.5, 0.6) is 5.88 Å². The lowest BCUT2D eigenvalue weighted by Gasteiger charge is -2.12. The molecular weight excluding hydrogens is 351 g/mol. The number of anilines is 1. The molecule has 1 saturated carbocycles. The Kier molecular flexibility index (Phi) is 3.56. The van der Waals surface area contributed by atoms with Gasteiger partial charge in [0, 0.05) is 17.7 Å². The van der Waals surface area contributed by atoms with Crippen molar-refractivity contribution in [3.05, 3.63) is 46.5 Å². The van der Waals surface area contributed by atoms with Gasteiger partial charge in [-0.2, -0.15) is 9.97 Å². The molecule has 1 aliphatic rings. The summed E-state index contributed by atoms with van der Waals surface area (Å²) in [6, 6.07) is 7.21. The highest BCUT2D eigenvalue weighted by atomic mass is 19.4. The van der Waals surface area contributed by atoms with Gasteiger partial charge in [0.15, 0.2) is 5.65 Å². The monoisotopic (exact) mass is 363 g/mol. The minimum absolute atomic E-state index is 0.00112. The number of alkyl halides is 3. The highest BCUT2D eigenvalue weighted by molar-refractivity contribution is 5.86. The largest absolute Gasteiger partial charge is 0.574 e. The minimum atomic E-state index is -4.89. The van der Waals surface area contributed by atoms with E-state index < -0.39 is 17.9 Å². The van der Waals surface area contributed by atoms with Gasteiger partial charge in [0.05, 0.1) is 5.39 Å². The van der Waals surface area contributed by atoms with Gasteiger partial charge in [-0.25, -0.2) is 14.3 Å². The van der Waals surface area contributed by atoms with E-state index in [9.17, 15) is 18.0 Å². The number of halogens is 3. The number of ether oxygens (including phenoxy) is 1. The van der Waals surface area contributed by atoms with Gasteiger partial charge >= 0.3 is 12.1 Å². The molecule has 7 nitrogen and oxygen atoms in total. The van der Waals surface area contributed by atoms with Gasteiger partial charge < -0.3 is 10.5 Å². The van der Waals surface area contributed by atoms with Gasteiger partial charge in [0.25, 0.3) is 0 Å². The Labute approximate surface area is 144 Å². The zero-order chi connectivity index (χ0) is 18.5. The minimum Gasteiger partial charge on any atom is -0.388 e. The molecule has 1 fully saturated rings. The fraction of sp³-hybridized carbons (Fsp3) is 0.250. The van der Waals surface area contributed by atoms with Crippen LogP contribution in [0.2, 0.25) is 0 Å². The van der Waals surface area contributed by atoms with Crippen LogP contribution in [0.25, 0.3) is 16.9 Å². The maximum atomic E-state index is 12.4. The van der Waals surface area contributed by atoms with Crippen molar-refractivity contribution in [2.75, 3.05) is 5.73 Å². The van der Waals surface area contributed by atoms with Gasteiger partial charge in [-0.1, -0.05) is 6.07 Å². The van der Waals surface area contributed by atoms with Gasteiger partial charge in [-0.05, 0) is 31.0 Å². The van der Waals surface area contributed by atoms with Gasteiger partial charge in [0.1, 0.15) is 11.6 Å². The molecule has 0 amide bonds. The van der Waals surface area contributed by atoms with Crippen molar-refractivity contribution in [3.8, 4) is 11.7 Å². The van der Waals surface area contributed by atoms with Crippen LogP contribution in [0, 0.1) is 0 Å². The van der Waals surface area contributed by atoms with E-state index >= 15 is 0 Å². The summed E-state index contributed by atoms with van der Waals surface area (Å²) in [5.74, 6) is -0.469. The Morgan fingerprint density at radius 3 is 2.58 bits per heavy atom. The molecule has 0 bridgehead atoms. The fourth-order valence-electron chi connectivity index (χ4n) is 2.65. The van der Waals surface area contributed by atoms with Crippen LogP contribution >= 0.6 is 0 Å². The van der Waals surface area contributed by atoms with Crippen molar-refractivity contribution in [2.24, 2.45) is 0 Å². The molecule has 10 heteroatoms. The molecule has 4 rings (SSSR count). The molecule has 0 aliphatic heterocycles. The van der Waals surface area contributed by atoms with E-state index in [0.29, 0.717) is 11.3 Å². The number of pyridine rings is 2. The molecule has 0 aromatic carbocycles. The van der Waals surface area contributed by atoms with E-state index in [2.05, 4.69) is 19.7 Å². The number of aromatic nitrogens is 4. The molecule has 0 atom stereocenters. The van der Waals surface area contributed by atoms with Crippen molar-refractivity contribution in [1.29, 1.82) is 0 Å². The lowest BCUT2D eigenvalue weighted by Crippen LogP contribution is -2.25. The van der Waals surface area contributed by atoms with Crippen LogP contribution < -0.4 is 16.2 Å². The number of hydrogen-bond donors (Lipinski definition) is 1. The van der Waals surface area contributed by atoms with Crippen LogP contribution in [0.1, 0.15) is 24.5 Å². The van der Waals surface area contributed by atoms with E-state index in [4.69, 9.17) is 5.73 Å². The van der Waals surface area contributed by atoms with Crippen LogP contribution in [-0.4, -0.2) is 25.9 Å². The van der Waals surface area contributed by atoms with Crippen molar-refractivity contribution >= 4 is 16.9 Å². The molecule has 26 heavy (non-hydrogen) atoms. The SMILES string of the molecule is Nc1nc(=O)n(-c2cccc(OC(F)(F)F)n2)c2nc(C3CC3)ccc12. The van der Waals surface area contributed by atoms with Gasteiger partial charge in [0.2, 0.25) is 5.88 Å². The summed E-state index contributed by atoms with van der Waals surface area (Å²) in [6.45, 7) is 0. The highest BCUT2D eigenvalue weighted by Gasteiger charge is 2.32. The Balaban J connectivity index is 1.92. The first-order valence-electron chi connectivity index (χ1n) is 7.74. The van der Waals surface area contributed by atoms with Crippen molar-refractivity contribution < 1.29 is 17.9 Å². The molecular formula is C16H12F3N5O2. The molecule has 0 unspecified atom stereocenters. The van der Waals surface area contributed by atoms with Crippen molar-refractivity contribution in [3.63, 3.8) is 0 Å².